The van der Waals surface area contributed by atoms with Gasteiger partial charge in [0.1, 0.15) is 5.41 Å². The number of carbonyl (C=O) groups excluding carboxylic acids is 1. The van der Waals surface area contributed by atoms with Crippen molar-refractivity contribution in [2.24, 2.45) is 11.3 Å². The molecule has 0 bridgehead atoms. The van der Waals surface area contributed by atoms with E-state index < -0.39 is 5.41 Å². The van der Waals surface area contributed by atoms with Crippen molar-refractivity contribution < 1.29 is 4.79 Å². The molecular weight excluding hydrogens is 152 g/mol. The monoisotopic (exact) mass is 164 g/mol. The van der Waals surface area contributed by atoms with E-state index in [2.05, 4.69) is 11.4 Å². The molecule has 64 valence electrons. The molecule has 1 heterocycles. The van der Waals surface area contributed by atoms with Crippen LogP contribution in [0.1, 0.15) is 26.2 Å². The first-order chi connectivity index (χ1) is 5.69. The van der Waals surface area contributed by atoms with Gasteiger partial charge in [0.05, 0.1) is 6.07 Å². The molecule has 1 saturated heterocycles. The molecule has 3 heteroatoms. The van der Waals surface area contributed by atoms with Crippen molar-refractivity contribution in [1.82, 2.24) is 5.32 Å². The molecule has 0 aromatic heterocycles. The normalized spacial score (nSPS) is 40.7. The van der Waals surface area contributed by atoms with Gasteiger partial charge in [0.15, 0.2) is 0 Å². The minimum Gasteiger partial charge on any atom is -0.352 e. The maximum absolute atomic E-state index is 11.5. The Kier molecular flexibility index (Phi) is 1.41. The summed E-state index contributed by atoms with van der Waals surface area (Å²) in [5.41, 5.74) is -0.667. The van der Waals surface area contributed by atoms with Crippen LogP contribution >= 0.6 is 0 Å². The van der Waals surface area contributed by atoms with Crippen molar-refractivity contribution in [3.8, 4) is 6.07 Å². The van der Waals surface area contributed by atoms with E-state index in [1.54, 1.807) is 0 Å². The van der Waals surface area contributed by atoms with Gasteiger partial charge in [0.25, 0.3) is 0 Å². The van der Waals surface area contributed by atoms with E-state index in [4.69, 9.17) is 5.26 Å². The summed E-state index contributed by atoms with van der Waals surface area (Å²) in [5.74, 6) is 0.299. The summed E-state index contributed by atoms with van der Waals surface area (Å²) in [6.45, 7) is 1.96. The molecule has 2 aliphatic rings. The van der Waals surface area contributed by atoms with Crippen molar-refractivity contribution in [3.05, 3.63) is 0 Å². The highest BCUT2D eigenvalue weighted by Gasteiger charge is 2.55. The van der Waals surface area contributed by atoms with Gasteiger partial charge in [0, 0.05) is 6.04 Å². The second kappa shape index (κ2) is 2.22. The molecule has 2 fully saturated rings. The zero-order valence-corrected chi connectivity index (χ0v) is 7.13. The van der Waals surface area contributed by atoms with Gasteiger partial charge >= 0.3 is 0 Å². The third-order valence-electron chi connectivity index (χ3n) is 2.88. The minimum absolute atomic E-state index is 0.0417. The van der Waals surface area contributed by atoms with Gasteiger partial charge in [-0.25, -0.2) is 0 Å². The van der Waals surface area contributed by atoms with Crippen molar-refractivity contribution in [1.29, 1.82) is 5.26 Å². The van der Waals surface area contributed by atoms with E-state index in [1.165, 1.54) is 0 Å². The fourth-order valence-electron chi connectivity index (χ4n) is 2.10. The van der Waals surface area contributed by atoms with Crippen LogP contribution in [0.5, 0.6) is 0 Å². The molecule has 0 radical (unpaired) electrons. The molecule has 2 atom stereocenters. The number of hydrogen-bond donors (Lipinski definition) is 1. The highest BCUT2D eigenvalue weighted by atomic mass is 16.2. The van der Waals surface area contributed by atoms with Crippen LogP contribution in [-0.2, 0) is 4.79 Å². The van der Waals surface area contributed by atoms with Gasteiger partial charge in [-0.2, -0.15) is 5.26 Å². The number of nitrogens with one attached hydrogen (secondary N) is 1. The lowest BCUT2D eigenvalue weighted by Crippen LogP contribution is -2.32. The Bertz CT molecular complexity index is 264. The maximum atomic E-state index is 11.5. The highest BCUT2D eigenvalue weighted by Crippen LogP contribution is 2.50. The van der Waals surface area contributed by atoms with E-state index >= 15 is 0 Å². The number of carbonyl (C=O) groups is 1. The zero-order chi connectivity index (χ0) is 8.77. The van der Waals surface area contributed by atoms with Gasteiger partial charge in [-0.1, -0.05) is 0 Å². The smallest absolute Gasteiger partial charge is 0.241 e. The molecule has 12 heavy (non-hydrogen) atoms. The first-order valence-corrected chi connectivity index (χ1v) is 4.41. The first kappa shape index (κ1) is 7.60. The van der Waals surface area contributed by atoms with Gasteiger partial charge in [-0.15, -0.1) is 0 Å². The van der Waals surface area contributed by atoms with E-state index in [1.807, 2.05) is 6.92 Å². The molecule has 2 rings (SSSR count). The molecule has 1 aliphatic heterocycles. The van der Waals surface area contributed by atoms with Crippen molar-refractivity contribution in [3.63, 3.8) is 0 Å². The summed E-state index contributed by atoms with van der Waals surface area (Å²) in [4.78, 5) is 11.5. The van der Waals surface area contributed by atoms with Crippen LogP contribution in [0.4, 0.5) is 0 Å². The van der Waals surface area contributed by atoms with E-state index in [0.29, 0.717) is 12.3 Å². The van der Waals surface area contributed by atoms with E-state index in [9.17, 15) is 4.79 Å². The van der Waals surface area contributed by atoms with Gasteiger partial charge in [0.2, 0.25) is 5.91 Å². The van der Waals surface area contributed by atoms with E-state index in [0.717, 1.165) is 12.8 Å². The number of hydrogen-bond acceptors (Lipinski definition) is 2. The Labute approximate surface area is 71.8 Å². The van der Waals surface area contributed by atoms with Gasteiger partial charge < -0.3 is 5.32 Å². The summed E-state index contributed by atoms with van der Waals surface area (Å²) in [5, 5.41) is 11.8. The first-order valence-electron chi connectivity index (χ1n) is 4.41. The average molecular weight is 164 g/mol. The van der Waals surface area contributed by atoms with Crippen LogP contribution in [0.3, 0.4) is 0 Å². The Morgan fingerprint density at radius 2 is 2.33 bits per heavy atom. The Hall–Kier alpha value is -1.04. The summed E-state index contributed by atoms with van der Waals surface area (Å²) in [7, 11) is 0. The molecule has 0 aromatic carbocycles. The largest absolute Gasteiger partial charge is 0.352 e. The van der Waals surface area contributed by atoms with Gasteiger partial charge in [-0.3, -0.25) is 4.79 Å². The summed E-state index contributed by atoms with van der Waals surface area (Å²) < 4.78 is 0. The van der Waals surface area contributed by atoms with Crippen molar-refractivity contribution in [2.45, 2.75) is 32.2 Å². The number of rotatable bonds is 1. The summed E-state index contributed by atoms with van der Waals surface area (Å²) in [6, 6.07) is 2.39. The van der Waals surface area contributed by atoms with Crippen LogP contribution in [0.2, 0.25) is 0 Å². The zero-order valence-electron chi connectivity index (χ0n) is 7.13. The molecule has 0 spiro atoms. The molecule has 0 aromatic rings. The summed E-state index contributed by atoms with van der Waals surface area (Å²) >= 11 is 0. The average Bonchev–Trinajstić information content (AvgIpc) is 2.79. The Balaban J connectivity index is 2.28. The van der Waals surface area contributed by atoms with Crippen LogP contribution < -0.4 is 5.32 Å². The molecule has 1 aliphatic carbocycles. The number of nitrogens with zero attached hydrogens (tertiary/aromatic N) is 1. The second-order valence-corrected chi connectivity index (χ2v) is 3.94. The van der Waals surface area contributed by atoms with Crippen LogP contribution in [0.15, 0.2) is 0 Å². The second-order valence-electron chi connectivity index (χ2n) is 3.94. The van der Waals surface area contributed by atoms with Crippen molar-refractivity contribution in [2.75, 3.05) is 0 Å². The molecule has 1 N–H and O–H groups in total. The predicted molar refractivity (Wildman–Crippen MR) is 43.0 cm³/mol. The van der Waals surface area contributed by atoms with E-state index in [-0.39, 0.29) is 11.9 Å². The SMILES string of the molecule is C[C@@H]1CC(C#N)(C2CC2)C(=O)N1. The molecule has 1 unspecified atom stereocenters. The van der Waals surface area contributed by atoms with Crippen LogP contribution in [0, 0.1) is 22.7 Å². The lowest BCUT2D eigenvalue weighted by Gasteiger charge is -2.15. The Morgan fingerprint density at radius 3 is 2.67 bits per heavy atom. The number of amides is 1. The topological polar surface area (TPSA) is 52.9 Å². The van der Waals surface area contributed by atoms with Crippen LogP contribution in [0.25, 0.3) is 0 Å². The molecule has 3 nitrogen and oxygen atoms in total. The molecular formula is C9H12N2O. The third kappa shape index (κ3) is 0.842. The standard InChI is InChI=1S/C9H12N2O/c1-6-4-9(5-10,7-2-3-7)8(12)11-6/h6-7H,2-4H2,1H3,(H,11,12)/t6-,9?/m1/s1. The highest BCUT2D eigenvalue weighted by molar-refractivity contribution is 5.88. The van der Waals surface area contributed by atoms with Crippen molar-refractivity contribution >= 4 is 5.91 Å². The van der Waals surface area contributed by atoms with Crippen LogP contribution in [-0.4, -0.2) is 11.9 Å². The number of nitriles is 1. The minimum atomic E-state index is -0.667. The fraction of sp³-hybridized carbons (Fsp3) is 0.778. The lowest BCUT2D eigenvalue weighted by molar-refractivity contribution is -0.126. The maximum Gasteiger partial charge on any atom is 0.241 e. The predicted octanol–water partition coefficient (Wildman–Crippen LogP) is 0.815. The third-order valence-corrected chi connectivity index (χ3v) is 2.88. The fourth-order valence-corrected chi connectivity index (χ4v) is 2.10. The lowest BCUT2D eigenvalue weighted by atomic mass is 9.81. The van der Waals surface area contributed by atoms with Gasteiger partial charge in [-0.05, 0) is 32.1 Å². The Morgan fingerprint density at radius 1 is 1.67 bits per heavy atom. The molecule has 1 saturated carbocycles. The quantitative estimate of drug-likeness (QED) is 0.623. The molecule has 1 amide bonds. The summed E-state index contributed by atoms with van der Waals surface area (Å²) in [6.07, 6.45) is 2.80.